The van der Waals surface area contributed by atoms with E-state index in [-0.39, 0.29) is 6.04 Å². The van der Waals surface area contributed by atoms with Crippen molar-refractivity contribution in [3.05, 3.63) is 77.0 Å². The number of benzene rings is 2. The van der Waals surface area contributed by atoms with Crippen LogP contribution in [0, 0.1) is 6.92 Å². The van der Waals surface area contributed by atoms with E-state index < -0.39 is 0 Å². The van der Waals surface area contributed by atoms with Gasteiger partial charge < -0.3 is 14.9 Å². The fourth-order valence-electron chi connectivity index (χ4n) is 3.91. The van der Waals surface area contributed by atoms with Gasteiger partial charge in [-0.3, -0.25) is 0 Å². The Morgan fingerprint density at radius 1 is 1.11 bits per heavy atom. The molecule has 0 radical (unpaired) electrons. The molecule has 0 saturated heterocycles. The van der Waals surface area contributed by atoms with E-state index in [9.17, 15) is 5.11 Å². The molecule has 5 nitrogen and oxygen atoms in total. The normalized spacial score (nSPS) is 16.0. The number of aryl methyl sites for hydroxylation is 1. The third-order valence-corrected chi connectivity index (χ3v) is 5.34. The second-order valence-corrected chi connectivity index (χ2v) is 7.64. The van der Waals surface area contributed by atoms with E-state index in [1.165, 1.54) is 22.3 Å². The first kappa shape index (κ1) is 18.3. The highest BCUT2D eigenvalue weighted by molar-refractivity contribution is 5.51. The van der Waals surface area contributed by atoms with E-state index in [1.807, 2.05) is 43.4 Å². The second kappa shape index (κ2) is 7.50. The Balaban J connectivity index is 1.75. The maximum absolute atomic E-state index is 9.63. The van der Waals surface area contributed by atoms with Gasteiger partial charge >= 0.3 is 0 Å². The number of phenols is 1. The zero-order chi connectivity index (χ0) is 19.7. The summed E-state index contributed by atoms with van der Waals surface area (Å²) in [6.07, 6.45) is 3.70. The first-order valence-corrected chi connectivity index (χ1v) is 9.65. The highest BCUT2D eigenvalue weighted by Crippen LogP contribution is 2.36. The van der Waals surface area contributed by atoms with Crippen molar-refractivity contribution >= 4 is 11.8 Å². The van der Waals surface area contributed by atoms with Gasteiger partial charge in [-0.05, 0) is 54.7 Å². The van der Waals surface area contributed by atoms with Gasteiger partial charge in [0.1, 0.15) is 11.6 Å². The summed E-state index contributed by atoms with van der Waals surface area (Å²) in [5.74, 6) is 1.97. The number of anilines is 2. The third-order valence-electron chi connectivity index (χ3n) is 5.34. The molecule has 28 heavy (non-hydrogen) atoms. The van der Waals surface area contributed by atoms with Crippen LogP contribution in [0.25, 0.3) is 0 Å². The summed E-state index contributed by atoms with van der Waals surface area (Å²) < 4.78 is 0. The molecule has 5 heteroatoms. The number of aromatic hydroxyl groups is 1. The molecule has 0 spiro atoms. The van der Waals surface area contributed by atoms with Gasteiger partial charge in [0.25, 0.3) is 0 Å². The molecule has 1 aromatic heterocycles. The molecule has 2 heterocycles. The van der Waals surface area contributed by atoms with Crippen LogP contribution < -0.4 is 9.80 Å². The molecule has 144 valence electrons. The van der Waals surface area contributed by atoms with Crippen molar-refractivity contribution in [3.63, 3.8) is 0 Å². The van der Waals surface area contributed by atoms with Crippen LogP contribution in [0.1, 0.15) is 28.3 Å². The quantitative estimate of drug-likeness (QED) is 0.751. The van der Waals surface area contributed by atoms with E-state index >= 15 is 0 Å². The number of fused-ring (bicyclic) bond motifs is 1. The third kappa shape index (κ3) is 3.65. The highest BCUT2D eigenvalue weighted by Gasteiger charge is 2.29. The van der Waals surface area contributed by atoms with Crippen molar-refractivity contribution in [1.82, 2.24) is 9.97 Å². The monoisotopic (exact) mass is 374 g/mol. The predicted octanol–water partition coefficient (Wildman–Crippen LogP) is 3.90. The van der Waals surface area contributed by atoms with Crippen molar-refractivity contribution in [2.24, 2.45) is 0 Å². The molecule has 0 bridgehead atoms. The second-order valence-electron chi connectivity index (χ2n) is 7.64. The Morgan fingerprint density at radius 3 is 2.64 bits per heavy atom. The van der Waals surface area contributed by atoms with Crippen LogP contribution in [-0.4, -0.2) is 35.7 Å². The van der Waals surface area contributed by atoms with Crippen LogP contribution in [-0.2, 0) is 12.8 Å². The Labute approximate surface area is 166 Å². The van der Waals surface area contributed by atoms with E-state index in [1.54, 1.807) is 12.1 Å². The summed E-state index contributed by atoms with van der Waals surface area (Å²) >= 11 is 0. The number of nitrogens with zero attached hydrogens (tertiary/aromatic N) is 4. The van der Waals surface area contributed by atoms with Crippen LogP contribution in [0.4, 0.5) is 11.8 Å². The molecule has 1 aliphatic heterocycles. The lowest BCUT2D eigenvalue weighted by Gasteiger charge is -2.39. The Morgan fingerprint density at radius 2 is 1.89 bits per heavy atom. The van der Waals surface area contributed by atoms with Gasteiger partial charge in [-0.15, -0.1) is 0 Å². The lowest BCUT2D eigenvalue weighted by Crippen LogP contribution is -2.37. The van der Waals surface area contributed by atoms with Crippen molar-refractivity contribution in [3.8, 4) is 5.75 Å². The molecule has 1 N–H and O–H groups in total. The van der Waals surface area contributed by atoms with Crippen LogP contribution in [0.2, 0.25) is 0 Å². The molecule has 1 unspecified atom stereocenters. The van der Waals surface area contributed by atoms with Gasteiger partial charge in [0.15, 0.2) is 0 Å². The molecule has 4 rings (SSSR count). The summed E-state index contributed by atoms with van der Waals surface area (Å²) in [7, 11) is 3.92. The van der Waals surface area contributed by atoms with Crippen LogP contribution in [0.5, 0.6) is 5.75 Å². The van der Waals surface area contributed by atoms with Crippen LogP contribution in [0.15, 0.2) is 54.7 Å². The Bertz CT molecular complexity index is 969. The van der Waals surface area contributed by atoms with Crippen molar-refractivity contribution < 1.29 is 5.11 Å². The maximum Gasteiger partial charge on any atom is 0.226 e. The lowest BCUT2D eigenvalue weighted by molar-refractivity contribution is 0.475. The average molecular weight is 374 g/mol. The molecule has 1 atom stereocenters. The molecular weight excluding hydrogens is 348 g/mol. The SMILES string of the molecule is Cc1ccc2c(c1)CCN(c1ccnc(N(C)C)n1)C2Cc1ccc(O)cc1. The Kier molecular flexibility index (Phi) is 4.90. The van der Waals surface area contributed by atoms with Crippen molar-refractivity contribution in [2.75, 3.05) is 30.4 Å². The van der Waals surface area contributed by atoms with Gasteiger partial charge in [0.05, 0.1) is 6.04 Å². The molecule has 0 saturated carbocycles. The Hall–Kier alpha value is -3.08. The van der Waals surface area contributed by atoms with Gasteiger partial charge in [-0.1, -0.05) is 35.9 Å². The number of aromatic nitrogens is 2. The summed E-state index contributed by atoms with van der Waals surface area (Å²) in [6.45, 7) is 3.07. The van der Waals surface area contributed by atoms with E-state index in [0.29, 0.717) is 5.75 Å². The first-order chi connectivity index (χ1) is 13.5. The standard InChI is InChI=1S/C23H26N4O/c1-16-4-9-20-18(14-16)11-13-27(22-10-12-24-23(25-22)26(2)3)21(20)15-17-5-7-19(28)8-6-17/h4-10,12,14,21,28H,11,13,15H2,1-3H3. The molecule has 3 aromatic rings. The molecule has 2 aromatic carbocycles. The van der Waals surface area contributed by atoms with E-state index in [0.717, 1.165) is 31.2 Å². The average Bonchev–Trinajstić information content (AvgIpc) is 2.69. The number of phenolic OH excluding ortho intramolecular Hbond substituents is 1. The predicted molar refractivity (Wildman–Crippen MR) is 113 cm³/mol. The van der Waals surface area contributed by atoms with Gasteiger partial charge in [-0.2, -0.15) is 4.98 Å². The molecule has 0 aliphatic carbocycles. The first-order valence-electron chi connectivity index (χ1n) is 9.65. The largest absolute Gasteiger partial charge is 0.508 e. The maximum atomic E-state index is 9.63. The minimum absolute atomic E-state index is 0.193. The number of rotatable bonds is 4. The minimum Gasteiger partial charge on any atom is -0.508 e. The van der Waals surface area contributed by atoms with Crippen molar-refractivity contribution in [2.45, 2.75) is 25.8 Å². The van der Waals surface area contributed by atoms with Crippen LogP contribution >= 0.6 is 0 Å². The van der Waals surface area contributed by atoms with E-state index in [4.69, 9.17) is 4.98 Å². The highest BCUT2D eigenvalue weighted by atomic mass is 16.3. The van der Waals surface area contributed by atoms with Crippen molar-refractivity contribution in [1.29, 1.82) is 0 Å². The van der Waals surface area contributed by atoms with Gasteiger partial charge in [-0.25, -0.2) is 4.98 Å². The van der Waals surface area contributed by atoms with Gasteiger partial charge in [0, 0.05) is 26.8 Å². The topological polar surface area (TPSA) is 52.5 Å². The molecular formula is C23H26N4O. The van der Waals surface area contributed by atoms with Crippen LogP contribution in [0.3, 0.4) is 0 Å². The fourth-order valence-corrected chi connectivity index (χ4v) is 3.91. The molecule has 0 fully saturated rings. The summed E-state index contributed by atoms with van der Waals surface area (Å²) in [5.41, 5.74) is 5.27. The minimum atomic E-state index is 0.193. The number of hydrogen-bond acceptors (Lipinski definition) is 5. The zero-order valence-electron chi connectivity index (χ0n) is 16.6. The summed E-state index contributed by atoms with van der Waals surface area (Å²) in [4.78, 5) is 13.5. The lowest BCUT2D eigenvalue weighted by atomic mass is 9.87. The summed E-state index contributed by atoms with van der Waals surface area (Å²) in [5, 5.41) is 9.63. The smallest absolute Gasteiger partial charge is 0.226 e. The van der Waals surface area contributed by atoms with Gasteiger partial charge in [0.2, 0.25) is 5.95 Å². The molecule has 1 aliphatic rings. The fraction of sp³-hybridized carbons (Fsp3) is 0.304. The number of hydrogen-bond donors (Lipinski definition) is 1. The summed E-state index contributed by atoms with van der Waals surface area (Å²) in [6, 6.07) is 16.5. The molecule has 0 amide bonds. The zero-order valence-corrected chi connectivity index (χ0v) is 16.6. The van der Waals surface area contributed by atoms with E-state index in [2.05, 4.69) is 35.0 Å².